The Bertz CT molecular complexity index is 176. The molecule has 0 bridgehead atoms. The lowest BCUT2D eigenvalue weighted by atomic mass is 10.1. The Morgan fingerprint density at radius 3 is 3.09 bits per heavy atom. The van der Waals surface area contributed by atoms with Gasteiger partial charge < -0.3 is 4.74 Å². The van der Waals surface area contributed by atoms with Crippen molar-refractivity contribution in [2.75, 3.05) is 19.9 Å². The van der Waals surface area contributed by atoms with Gasteiger partial charge >= 0.3 is 8.03 Å². The molecule has 4 heteroatoms. The number of ether oxygens (including phenoxy) is 1. The molecule has 0 N–H and O–H groups in total. The van der Waals surface area contributed by atoms with Crippen molar-refractivity contribution >= 4 is 8.03 Å². The molecule has 1 saturated heterocycles. The zero-order valence-electron chi connectivity index (χ0n) is 7.82. The van der Waals surface area contributed by atoms with Crippen LogP contribution in [0.25, 0.3) is 0 Å². The molecule has 0 saturated carbocycles. The predicted octanol–water partition coefficient (Wildman–Crippen LogP) is 1.80. The van der Waals surface area contributed by atoms with E-state index >= 15 is 0 Å². The largest absolute Gasteiger partial charge is 0.508 e. The van der Waals surface area contributed by atoms with Crippen molar-refractivity contribution in [2.45, 2.75) is 19.4 Å². The molecule has 1 aliphatic heterocycles. The Kier molecular flexibility index (Phi) is 2.89. The van der Waals surface area contributed by atoms with E-state index in [0.29, 0.717) is 12.6 Å². The first-order chi connectivity index (χ1) is 5.63. The Morgan fingerprint density at radius 2 is 2.64 bits per heavy atom. The van der Waals surface area contributed by atoms with Gasteiger partial charge in [0.25, 0.3) is 0 Å². The van der Waals surface area contributed by atoms with E-state index in [1.807, 2.05) is 6.92 Å². The lowest BCUT2D eigenvalue weighted by Crippen LogP contribution is -2.13. The second kappa shape index (κ2) is 4.15. The van der Waals surface area contributed by atoms with Gasteiger partial charge in [0.2, 0.25) is 0 Å². The van der Waals surface area contributed by atoms with Crippen LogP contribution in [0, 0.1) is 5.92 Å². The lowest BCUT2D eigenvalue weighted by Gasteiger charge is -2.06. The van der Waals surface area contributed by atoms with Crippen LogP contribution in [0.5, 0.6) is 0 Å². The average Bonchev–Trinajstić information content (AvgIpc) is 2.30. The predicted molar refractivity (Wildman–Crippen MR) is 43.0 cm³/mol. The van der Waals surface area contributed by atoms with Crippen molar-refractivity contribution in [1.82, 2.24) is 0 Å². The molecule has 64 valence electrons. The lowest BCUT2D eigenvalue weighted by molar-refractivity contribution is 0.109. The average molecular weight is 179 g/mol. The smallest absolute Gasteiger partial charge is 0.378 e. The van der Waals surface area contributed by atoms with Crippen molar-refractivity contribution in [3.05, 3.63) is 0 Å². The third-order valence-corrected chi connectivity index (χ3v) is 3.14. The molecule has 0 amide bonds. The second-order valence-corrected chi connectivity index (χ2v) is 4.10. The van der Waals surface area contributed by atoms with E-state index in [1.165, 1.54) is 7.11 Å². The Balaban J connectivity index is 2.37. The van der Waals surface area contributed by atoms with Crippen LogP contribution in [0.1, 0.15) is 14.7 Å². The van der Waals surface area contributed by atoms with Crippen molar-refractivity contribution in [3.8, 4) is 0 Å². The standard InChI is InChI=1S/C7H14O3P/c1-6-7(3-4-10-6)5-11(8)9-2/h6-7H,3-5H2,1-2H3/q+1/t6-,7-/m1/s1/i4T/t4-,6-,7-. The van der Waals surface area contributed by atoms with E-state index in [-0.39, 0.29) is 12.0 Å². The van der Waals surface area contributed by atoms with E-state index in [1.54, 1.807) is 0 Å². The van der Waals surface area contributed by atoms with Crippen molar-refractivity contribution in [3.63, 3.8) is 0 Å². The summed E-state index contributed by atoms with van der Waals surface area (Å²) in [6.45, 7) is 1.48. The molecule has 1 unspecified atom stereocenters. The van der Waals surface area contributed by atoms with Crippen LogP contribution in [0.3, 0.4) is 0 Å². The Labute approximate surface area is 69.3 Å². The normalized spacial score (nSPS) is 40.4. The first-order valence-corrected chi connectivity index (χ1v) is 5.06. The molecule has 0 spiro atoms. The molecule has 1 rings (SSSR count). The summed E-state index contributed by atoms with van der Waals surface area (Å²) in [5.74, 6) is 0.219. The highest BCUT2D eigenvalue weighted by molar-refractivity contribution is 7.39. The van der Waals surface area contributed by atoms with E-state index in [0.717, 1.165) is 0 Å². The fourth-order valence-corrected chi connectivity index (χ4v) is 2.10. The minimum Gasteiger partial charge on any atom is -0.378 e. The summed E-state index contributed by atoms with van der Waals surface area (Å²) in [5.41, 5.74) is 0. The molecule has 1 aliphatic rings. The maximum Gasteiger partial charge on any atom is 0.508 e. The van der Waals surface area contributed by atoms with Gasteiger partial charge in [0, 0.05) is 12.5 Å². The summed E-state index contributed by atoms with van der Waals surface area (Å²) < 4.78 is 28.3. The van der Waals surface area contributed by atoms with Crippen molar-refractivity contribution in [2.24, 2.45) is 5.92 Å². The number of hydrogen-bond acceptors (Lipinski definition) is 3. The van der Waals surface area contributed by atoms with Crippen molar-refractivity contribution in [1.29, 1.82) is 0 Å². The minimum absolute atomic E-state index is 0.0431. The van der Waals surface area contributed by atoms with Crippen molar-refractivity contribution < 1.29 is 15.2 Å². The molecule has 0 aromatic rings. The van der Waals surface area contributed by atoms with Gasteiger partial charge in [-0.15, -0.1) is 4.52 Å². The zero-order chi connectivity index (χ0) is 9.14. The van der Waals surface area contributed by atoms with E-state index in [9.17, 15) is 4.57 Å². The van der Waals surface area contributed by atoms with Gasteiger partial charge in [-0.05, 0) is 17.9 Å². The minimum atomic E-state index is -1.55. The first kappa shape index (κ1) is 7.66. The van der Waals surface area contributed by atoms with E-state index in [2.05, 4.69) is 4.52 Å². The molecule has 0 aliphatic carbocycles. The van der Waals surface area contributed by atoms with Gasteiger partial charge in [0.1, 0.15) is 0 Å². The summed E-state index contributed by atoms with van der Waals surface area (Å²) in [6, 6.07) is 0. The summed E-state index contributed by atoms with van der Waals surface area (Å²) in [4.78, 5) is 0. The van der Waals surface area contributed by atoms with Crippen LogP contribution < -0.4 is 0 Å². The maximum absolute atomic E-state index is 11.0. The molecule has 0 aromatic heterocycles. The molecular formula is C7H14O3P+. The quantitative estimate of drug-likeness (QED) is 0.619. The van der Waals surface area contributed by atoms with Crippen LogP contribution in [-0.4, -0.2) is 26.0 Å². The maximum atomic E-state index is 11.0. The van der Waals surface area contributed by atoms with Gasteiger partial charge in [-0.1, -0.05) is 0 Å². The highest BCUT2D eigenvalue weighted by Gasteiger charge is 2.32. The second-order valence-electron chi connectivity index (χ2n) is 2.70. The molecule has 0 radical (unpaired) electrons. The van der Waals surface area contributed by atoms with Gasteiger partial charge in [-0.3, -0.25) is 0 Å². The summed E-state index contributed by atoms with van der Waals surface area (Å²) in [5, 5.41) is 0. The van der Waals surface area contributed by atoms with Gasteiger partial charge in [0.15, 0.2) is 6.16 Å². The molecule has 4 atom stereocenters. The highest BCUT2D eigenvalue weighted by Crippen LogP contribution is 2.31. The Morgan fingerprint density at radius 1 is 1.91 bits per heavy atom. The monoisotopic (exact) mass is 179 g/mol. The third kappa shape index (κ3) is 2.51. The third-order valence-electron chi connectivity index (χ3n) is 1.96. The van der Waals surface area contributed by atoms with Crippen LogP contribution in [0.15, 0.2) is 0 Å². The zero-order valence-corrected chi connectivity index (χ0v) is 7.71. The molecule has 1 fully saturated rings. The summed E-state index contributed by atoms with van der Waals surface area (Å²) in [6.07, 6.45) is 1.23. The van der Waals surface area contributed by atoms with Crippen LogP contribution in [-0.2, 0) is 13.8 Å². The topological polar surface area (TPSA) is 35.5 Å². The highest BCUT2D eigenvalue weighted by atomic mass is 31.1. The fourth-order valence-electron chi connectivity index (χ4n) is 1.12. The van der Waals surface area contributed by atoms with Gasteiger partial charge in [-0.2, -0.15) is 0 Å². The summed E-state index contributed by atoms with van der Waals surface area (Å²) in [7, 11) is -0.107. The fraction of sp³-hybridized carbons (Fsp3) is 1.00. The SMILES string of the molecule is [3H][C@@H]1C[C@H](C[P+](=O)OC)[C@@H](C)O1. The number of rotatable bonds is 3. The molecule has 11 heavy (non-hydrogen) atoms. The van der Waals surface area contributed by atoms with Gasteiger partial charge in [0.05, 0.1) is 14.6 Å². The van der Waals surface area contributed by atoms with E-state index < -0.39 is 14.6 Å². The van der Waals surface area contributed by atoms with Gasteiger partial charge in [-0.25, -0.2) is 0 Å². The molecule has 0 aromatic carbocycles. The molecule has 3 nitrogen and oxygen atoms in total. The van der Waals surface area contributed by atoms with Crippen LogP contribution >= 0.6 is 8.03 Å². The first-order valence-electron chi connectivity index (χ1n) is 4.27. The molecule has 1 heterocycles. The Hall–Kier alpha value is 0.0200. The molecular weight excluding hydrogens is 163 g/mol. The van der Waals surface area contributed by atoms with E-state index in [4.69, 9.17) is 6.11 Å². The van der Waals surface area contributed by atoms with Crippen LogP contribution in [0.4, 0.5) is 0 Å². The summed E-state index contributed by atoms with van der Waals surface area (Å²) >= 11 is 0. The number of hydrogen-bond donors (Lipinski definition) is 0. The van der Waals surface area contributed by atoms with Crippen LogP contribution in [0.2, 0.25) is 0 Å².